The third kappa shape index (κ3) is 2.90. The van der Waals surface area contributed by atoms with Crippen LogP contribution in [0.4, 0.5) is 0 Å². The second-order valence-electron chi connectivity index (χ2n) is 4.88. The Morgan fingerprint density at radius 3 is 2.68 bits per heavy atom. The van der Waals surface area contributed by atoms with Gasteiger partial charge >= 0.3 is 0 Å². The molecule has 0 radical (unpaired) electrons. The zero-order chi connectivity index (χ0) is 14.0. The van der Waals surface area contributed by atoms with Gasteiger partial charge in [-0.05, 0) is 39.3 Å². The number of hydrogen-bond acceptors (Lipinski definition) is 3. The summed E-state index contributed by atoms with van der Waals surface area (Å²) in [5.41, 5.74) is 2.80. The van der Waals surface area contributed by atoms with Crippen molar-refractivity contribution in [3.8, 4) is 0 Å². The van der Waals surface area contributed by atoms with Crippen molar-refractivity contribution < 1.29 is 4.74 Å². The van der Waals surface area contributed by atoms with Crippen LogP contribution in [0.25, 0.3) is 11.2 Å². The second-order valence-corrected chi connectivity index (χ2v) is 5.54. The lowest BCUT2D eigenvalue weighted by molar-refractivity contribution is 0.181. The Balaban J connectivity index is 2.53. The molecule has 0 aromatic carbocycles. The third-order valence-electron chi connectivity index (χ3n) is 3.24. The predicted octanol–water partition coefficient (Wildman–Crippen LogP) is 3.64. The molecule has 0 amide bonds. The number of alkyl halides is 1. The highest BCUT2D eigenvalue weighted by molar-refractivity contribution is 6.20. The van der Waals surface area contributed by atoms with Crippen LogP contribution in [0.2, 0.25) is 0 Å². The van der Waals surface area contributed by atoms with Crippen LogP contribution >= 0.6 is 11.6 Å². The van der Waals surface area contributed by atoms with E-state index in [2.05, 4.69) is 21.5 Å². The minimum absolute atomic E-state index is 0.139. The van der Waals surface area contributed by atoms with Crippen LogP contribution in [0, 0.1) is 6.92 Å². The van der Waals surface area contributed by atoms with E-state index in [-0.39, 0.29) is 11.4 Å². The average Bonchev–Trinajstić information content (AvgIpc) is 2.74. The van der Waals surface area contributed by atoms with E-state index in [4.69, 9.17) is 16.3 Å². The maximum atomic E-state index is 6.26. The molecule has 2 aromatic rings. The number of pyridine rings is 1. The number of rotatable bonds is 5. The zero-order valence-corrected chi connectivity index (χ0v) is 12.6. The molecule has 0 bridgehead atoms. The van der Waals surface area contributed by atoms with Gasteiger partial charge in [0.2, 0.25) is 0 Å². The van der Waals surface area contributed by atoms with Crippen molar-refractivity contribution >= 4 is 22.8 Å². The lowest BCUT2D eigenvalue weighted by Crippen LogP contribution is -2.12. The Bertz CT molecular complexity index is 565. The molecule has 2 heterocycles. The number of aromatic nitrogens is 3. The molecular formula is C14H20ClN3O. The molecule has 5 heteroatoms. The van der Waals surface area contributed by atoms with E-state index in [1.165, 1.54) is 0 Å². The Labute approximate surface area is 118 Å². The van der Waals surface area contributed by atoms with E-state index in [9.17, 15) is 0 Å². The van der Waals surface area contributed by atoms with E-state index in [1.807, 2.05) is 26.0 Å². The van der Waals surface area contributed by atoms with Gasteiger partial charge in [0, 0.05) is 25.5 Å². The fourth-order valence-corrected chi connectivity index (χ4v) is 2.37. The number of methoxy groups -OCH3 is 1. The van der Waals surface area contributed by atoms with Crippen molar-refractivity contribution in [1.29, 1.82) is 0 Å². The van der Waals surface area contributed by atoms with Crippen molar-refractivity contribution in [2.75, 3.05) is 13.7 Å². The van der Waals surface area contributed by atoms with Gasteiger partial charge in [-0.25, -0.2) is 9.97 Å². The summed E-state index contributed by atoms with van der Waals surface area (Å²) in [6, 6.07) is 4.23. The summed E-state index contributed by atoms with van der Waals surface area (Å²) < 4.78 is 7.30. The molecule has 0 fully saturated rings. The minimum Gasteiger partial charge on any atom is -0.385 e. The maximum Gasteiger partial charge on any atom is 0.160 e. The fraction of sp³-hybridized carbons (Fsp3) is 0.571. The Morgan fingerprint density at radius 2 is 2.05 bits per heavy atom. The van der Waals surface area contributed by atoms with Gasteiger partial charge < -0.3 is 9.30 Å². The van der Waals surface area contributed by atoms with E-state index >= 15 is 0 Å². The van der Waals surface area contributed by atoms with Crippen molar-refractivity contribution in [3.63, 3.8) is 0 Å². The standard InChI is InChI=1S/C14H20ClN3O/c1-9-5-6-12-14(16-9)18(10(2)7-8-19-4)13(17-12)11(3)15/h5-6,10-11H,7-8H2,1-4H3. The first-order valence-corrected chi connectivity index (χ1v) is 6.96. The molecule has 104 valence electrons. The minimum atomic E-state index is -0.139. The molecule has 0 aliphatic heterocycles. The highest BCUT2D eigenvalue weighted by Crippen LogP contribution is 2.28. The van der Waals surface area contributed by atoms with E-state index < -0.39 is 0 Å². The fourth-order valence-electron chi connectivity index (χ4n) is 2.22. The van der Waals surface area contributed by atoms with Gasteiger partial charge in [0.15, 0.2) is 5.65 Å². The summed E-state index contributed by atoms with van der Waals surface area (Å²) in [5, 5.41) is -0.139. The summed E-state index contributed by atoms with van der Waals surface area (Å²) >= 11 is 6.26. The number of hydrogen-bond donors (Lipinski definition) is 0. The van der Waals surface area contributed by atoms with Crippen LogP contribution in [0.3, 0.4) is 0 Å². The first-order chi connectivity index (χ1) is 9.04. The van der Waals surface area contributed by atoms with Gasteiger partial charge in [-0.2, -0.15) is 0 Å². The van der Waals surface area contributed by atoms with Crippen LogP contribution < -0.4 is 0 Å². The first kappa shape index (κ1) is 14.3. The molecule has 0 saturated heterocycles. The molecule has 2 aromatic heterocycles. The van der Waals surface area contributed by atoms with Gasteiger partial charge in [-0.1, -0.05) is 0 Å². The second kappa shape index (κ2) is 5.88. The molecule has 19 heavy (non-hydrogen) atoms. The van der Waals surface area contributed by atoms with Gasteiger partial charge in [0.25, 0.3) is 0 Å². The monoisotopic (exact) mass is 281 g/mol. The number of imidazole rings is 1. The highest BCUT2D eigenvalue weighted by atomic mass is 35.5. The van der Waals surface area contributed by atoms with Gasteiger partial charge in [-0.15, -0.1) is 11.6 Å². The van der Waals surface area contributed by atoms with Crippen molar-refractivity contribution in [1.82, 2.24) is 14.5 Å². The average molecular weight is 282 g/mol. The molecule has 0 N–H and O–H groups in total. The van der Waals surface area contributed by atoms with E-state index in [1.54, 1.807) is 7.11 Å². The molecular weight excluding hydrogens is 262 g/mol. The largest absolute Gasteiger partial charge is 0.385 e. The number of aryl methyl sites for hydroxylation is 1. The number of fused-ring (bicyclic) bond motifs is 1. The third-order valence-corrected chi connectivity index (χ3v) is 3.44. The van der Waals surface area contributed by atoms with Gasteiger partial charge in [-0.3, -0.25) is 0 Å². The van der Waals surface area contributed by atoms with Gasteiger partial charge in [0.1, 0.15) is 11.3 Å². The molecule has 0 saturated carbocycles. The smallest absolute Gasteiger partial charge is 0.160 e. The first-order valence-electron chi connectivity index (χ1n) is 6.53. The lowest BCUT2D eigenvalue weighted by Gasteiger charge is -2.17. The molecule has 2 atom stereocenters. The summed E-state index contributed by atoms with van der Waals surface area (Å²) in [4.78, 5) is 9.22. The summed E-state index contributed by atoms with van der Waals surface area (Å²) in [6.45, 7) is 6.78. The van der Waals surface area contributed by atoms with Gasteiger partial charge in [0.05, 0.1) is 5.38 Å². The summed E-state index contributed by atoms with van der Waals surface area (Å²) in [6.07, 6.45) is 0.911. The van der Waals surface area contributed by atoms with Crippen LogP contribution in [0.15, 0.2) is 12.1 Å². The SMILES string of the molecule is COCCC(C)n1c(C(C)Cl)nc2ccc(C)nc21. The topological polar surface area (TPSA) is 39.9 Å². The number of halogens is 1. The van der Waals surface area contributed by atoms with Crippen molar-refractivity contribution in [3.05, 3.63) is 23.7 Å². The molecule has 4 nitrogen and oxygen atoms in total. The quantitative estimate of drug-likeness (QED) is 0.786. The van der Waals surface area contributed by atoms with E-state index in [0.717, 1.165) is 29.1 Å². The normalized spacial score (nSPS) is 14.8. The summed E-state index contributed by atoms with van der Waals surface area (Å²) in [5.74, 6) is 0.873. The number of ether oxygens (including phenoxy) is 1. The summed E-state index contributed by atoms with van der Waals surface area (Å²) in [7, 11) is 1.71. The van der Waals surface area contributed by atoms with Crippen molar-refractivity contribution in [2.24, 2.45) is 0 Å². The van der Waals surface area contributed by atoms with Crippen molar-refractivity contribution in [2.45, 2.75) is 38.6 Å². The Morgan fingerprint density at radius 1 is 1.32 bits per heavy atom. The Kier molecular flexibility index (Phi) is 4.42. The molecule has 0 spiro atoms. The highest BCUT2D eigenvalue weighted by Gasteiger charge is 2.19. The number of nitrogens with zero attached hydrogens (tertiary/aromatic N) is 3. The van der Waals surface area contributed by atoms with Crippen LogP contribution in [-0.2, 0) is 4.74 Å². The lowest BCUT2D eigenvalue weighted by atomic mass is 10.2. The molecule has 2 unspecified atom stereocenters. The van der Waals surface area contributed by atoms with Crippen LogP contribution in [-0.4, -0.2) is 28.3 Å². The molecule has 2 rings (SSSR count). The zero-order valence-electron chi connectivity index (χ0n) is 11.9. The Hall–Kier alpha value is -1.13. The van der Waals surface area contributed by atoms with E-state index in [0.29, 0.717) is 6.61 Å². The maximum absolute atomic E-state index is 6.26. The van der Waals surface area contributed by atoms with Crippen LogP contribution in [0.5, 0.6) is 0 Å². The molecule has 0 aliphatic carbocycles. The molecule has 0 aliphatic rings. The van der Waals surface area contributed by atoms with Crippen LogP contribution in [0.1, 0.15) is 43.2 Å². The predicted molar refractivity (Wildman–Crippen MR) is 77.7 cm³/mol.